The lowest BCUT2D eigenvalue weighted by Crippen LogP contribution is -2.31. The summed E-state index contributed by atoms with van der Waals surface area (Å²) >= 11 is 0. The van der Waals surface area contributed by atoms with Crippen molar-refractivity contribution in [3.05, 3.63) is 35.4 Å². The first-order chi connectivity index (χ1) is 9.51. The number of carbonyl (C=O) groups excluding carboxylic acids is 2. The number of amides is 1. The lowest BCUT2D eigenvalue weighted by molar-refractivity contribution is -0.127. The van der Waals surface area contributed by atoms with Gasteiger partial charge in [0.05, 0.1) is 12.1 Å². The molecule has 1 heterocycles. The molecule has 0 radical (unpaired) electrons. The van der Waals surface area contributed by atoms with Crippen molar-refractivity contribution in [1.29, 1.82) is 0 Å². The summed E-state index contributed by atoms with van der Waals surface area (Å²) in [5, 5.41) is 0. The lowest BCUT2D eigenvalue weighted by atomic mass is 10.0. The Morgan fingerprint density at radius 3 is 2.80 bits per heavy atom. The zero-order valence-corrected chi connectivity index (χ0v) is 11.4. The predicted octanol–water partition coefficient (Wildman–Crippen LogP) is 2.80. The van der Waals surface area contributed by atoms with Gasteiger partial charge in [-0.05, 0) is 24.5 Å². The second-order valence-corrected chi connectivity index (χ2v) is 5.18. The van der Waals surface area contributed by atoms with Crippen LogP contribution in [0.3, 0.4) is 0 Å². The van der Waals surface area contributed by atoms with Gasteiger partial charge in [0.25, 0.3) is 0 Å². The molecule has 0 spiro atoms. The fourth-order valence-corrected chi connectivity index (χ4v) is 2.58. The average molecular weight is 281 g/mol. The minimum Gasteiger partial charge on any atom is -0.335 e. The number of nitrogens with zero attached hydrogens (tertiary/aromatic N) is 1. The van der Waals surface area contributed by atoms with Crippen LogP contribution in [0.4, 0.5) is 8.78 Å². The highest BCUT2D eigenvalue weighted by molar-refractivity contribution is 5.99. The summed E-state index contributed by atoms with van der Waals surface area (Å²) < 4.78 is 26.3. The number of benzene rings is 1. The first-order valence-corrected chi connectivity index (χ1v) is 6.77. The summed E-state index contributed by atoms with van der Waals surface area (Å²) in [5.74, 6) is -1.89. The maximum Gasteiger partial charge on any atom is 0.223 e. The molecule has 0 aromatic heterocycles. The number of carbonyl (C=O) groups is 2. The maximum absolute atomic E-state index is 13.5. The molecule has 108 valence electrons. The van der Waals surface area contributed by atoms with Gasteiger partial charge in [-0.25, -0.2) is 8.78 Å². The van der Waals surface area contributed by atoms with Crippen LogP contribution in [-0.2, 0) is 4.79 Å². The maximum atomic E-state index is 13.5. The smallest absolute Gasteiger partial charge is 0.223 e. The zero-order chi connectivity index (χ0) is 14.7. The second kappa shape index (κ2) is 6.11. The van der Waals surface area contributed by atoms with Gasteiger partial charge in [0.2, 0.25) is 5.91 Å². The number of hydrogen-bond acceptors (Lipinski definition) is 2. The first-order valence-electron chi connectivity index (χ1n) is 6.77. The summed E-state index contributed by atoms with van der Waals surface area (Å²) in [6.45, 7) is 2.45. The van der Waals surface area contributed by atoms with Crippen LogP contribution in [0.15, 0.2) is 18.2 Å². The van der Waals surface area contributed by atoms with Gasteiger partial charge in [0.15, 0.2) is 5.78 Å². The molecule has 1 saturated heterocycles. The molecule has 0 saturated carbocycles. The lowest BCUT2D eigenvalue weighted by Gasteiger charge is -2.15. The molecule has 5 heteroatoms. The van der Waals surface area contributed by atoms with Gasteiger partial charge in [0.1, 0.15) is 11.6 Å². The molecule has 1 fully saturated rings. The Labute approximate surface area is 116 Å². The Morgan fingerprint density at radius 2 is 2.15 bits per heavy atom. The van der Waals surface area contributed by atoms with Crippen LogP contribution in [0, 0.1) is 17.6 Å². The van der Waals surface area contributed by atoms with Crippen LogP contribution < -0.4 is 0 Å². The van der Waals surface area contributed by atoms with Gasteiger partial charge in [-0.1, -0.05) is 13.3 Å². The summed E-state index contributed by atoms with van der Waals surface area (Å²) in [4.78, 5) is 25.2. The van der Waals surface area contributed by atoms with Crippen LogP contribution in [-0.4, -0.2) is 29.7 Å². The van der Waals surface area contributed by atoms with Crippen LogP contribution in [0.2, 0.25) is 0 Å². The molecule has 1 amide bonds. The van der Waals surface area contributed by atoms with Crippen molar-refractivity contribution in [2.75, 3.05) is 13.1 Å². The molecule has 1 atom stereocenters. The largest absolute Gasteiger partial charge is 0.335 e. The van der Waals surface area contributed by atoms with Crippen molar-refractivity contribution < 1.29 is 18.4 Å². The van der Waals surface area contributed by atoms with E-state index >= 15 is 0 Å². The van der Waals surface area contributed by atoms with E-state index in [4.69, 9.17) is 0 Å². The number of Topliss-reactive ketones (excluding diaryl/α,β-unsaturated/α-hetero) is 1. The SMILES string of the molecule is CCCC1CC(=O)N(CC(=O)c2ccc(F)cc2F)C1. The Balaban J connectivity index is 2.03. The van der Waals surface area contributed by atoms with Crippen molar-refractivity contribution in [3.8, 4) is 0 Å². The molecule has 1 aliphatic rings. The van der Waals surface area contributed by atoms with Crippen LogP contribution in [0.5, 0.6) is 0 Å². The van der Waals surface area contributed by atoms with Crippen molar-refractivity contribution in [2.45, 2.75) is 26.2 Å². The predicted molar refractivity (Wildman–Crippen MR) is 70.3 cm³/mol. The van der Waals surface area contributed by atoms with E-state index in [2.05, 4.69) is 0 Å². The number of ketones is 1. The molecule has 20 heavy (non-hydrogen) atoms. The van der Waals surface area contributed by atoms with E-state index in [-0.39, 0.29) is 23.9 Å². The van der Waals surface area contributed by atoms with Gasteiger partial charge >= 0.3 is 0 Å². The van der Waals surface area contributed by atoms with Gasteiger partial charge in [-0.15, -0.1) is 0 Å². The summed E-state index contributed by atoms with van der Waals surface area (Å²) in [6, 6.07) is 2.85. The van der Waals surface area contributed by atoms with Gasteiger partial charge in [-0.2, -0.15) is 0 Å². The minimum absolute atomic E-state index is 0.0701. The van der Waals surface area contributed by atoms with E-state index < -0.39 is 17.4 Å². The molecule has 3 nitrogen and oxygen atoms in total. The van der Waals surface area contributed by atoms with E-state index in [1.54, 1.807) is 0 Å². The number of halogens is 2. The van der Waals surface area contributed by atoms with Gasteiger partial charge in [-0.3, -0.25) is 9.59 Å². The van der Waals surface area contributed by atoms with Crippen LogP contribution >= 0.6 is 0 Å². The summed E-state index contributed by atoms with van der Waals surface area (Å²) in [6.07, 6.45) is 2.39. The number of hydrogen-bond donors (Lipinski definition) is 0. The molecule has 0 aliphatic carbocycles. The van der Waals surface area contributed by atoms with Gasteiger partial charge < -0.3 is 4.90 Å². The Bertz CT molecular complexity index is 531. The molecular weight excluding hydrogens is 264 g/mol. The van der Waals surface area contributed by atoms with Crippen LogP contribution in [0.25, 0.3) is 0 Å². The van der Waals surface area contributed by atoms with Crippen LogP contribution in [0.1, 0.15) is 36.5 Å². The molecule has 1 aromatic rings. The standard InChI is InChI=1S/C15H17F2NO2/c1-2-3-10-6-15(20)18(8-10)9-14(19)12-5-4-11(16)7-13(12)17/h4-5,7,10H,2-3,6,8-9H2,1H3. The van der Waals surface area contributed by atoms with Gasteiger partial charge in [0, 0.05) is 19.0 Å². The van der Waals surface area contributed by atoms with E-state index in [0.717, 1.165) is 25.0 Å². The highest BCUT2D eigenvalue weighted by Crippen LogP contribution is 2.22. The van der Waals surface area contributed by atoms with E-state index in [9.17, 15) is 18.4 Å². The summed E-state index contributed by atoms with van der Waals surface area (Å²) in [5.41, 5.74) is -0.168. The highest BCUT2D eigenvalue weighted by Gasteiger charge is 2.30. The average Bonchev–Trinajstić information content (AvgIpc) is 2.70. The monoisotopic (exact) mass is 281 g/mol. The third-order valence-electron chi connectivity index (χ3n) is 3.56. The minimum atomic E-state index is -0.883. The van der Waals surface area contributed by atoms with E-state index in [1.807, 2.05) is 6.92 Å². The fraction of sp³-hybridized carbons (Fsp3) is 0.467. The van der Waals surface area contributed by atoms with Crippen molar-refractivity contribution in [1.82, 2.24) is 4.90 Å². The van der Waals surface area contributed by atoms with E-state index in [0.29, 0.717) is 19.0 Å². The highest BCUT2D eigenvalue weighted by atomic mass is 19.1. The molecular formula is C15H17F2NO2. The second-order valence-electron chi connectivity index (χ2n) is 5.18. The number of likely N-dealkylation sites (tertiary alicyclic amines) is 1. The summed E-state index contributed by atoms with van der Waals surface area (Å²) in [7, 11) is 0. The van der Waals surface area contributed by atoms with Crippen molar-refractivity contribution in [3.63, 3.8) is 0 Å². The number of rotatable bonds is 5. The molecule has 1 aromatic carbocycles. The third kappa shape index (κ3) is 3.21. The molecule has 1 aliphatic heterocycles. The third-order valence-corrected chi connectivity index (χ3v) is 3.56. The van der Waals surface area contributed by atoms with E-state index in [1.165, 1.54) is 4.90 Å². The molecule has 1 unspecified atom stereocenters. The first kappa shape index (κ1) is 14.6. The quantitative estimate of drug-likeness (QED) is 0.778. The molecule has 0 bridgehead atoms. The Morgan fingerprint density at radius 1 is 1.40 bits per heavy atom. The van der Waals surface area contributed by atoms with Crippen molar-refractivity contribution in [2.24, 2.45) is 5.92 Å². The normalized spacial score (nSPS) is 18.6. The molecule has 0 N–H and O–H groups in total. The Hall–Kier alpha value is -1.78. The molecule has 2 rings (SSSR count). The Kier molecular flexibility index (Phi) is 4.47. The zero-order valence-electron chi connectivity index (χ0n) is 11.4. The topological polar surface area (TPSA) is 37.4 Å². The fourth-order valence-electron chi connectivity index (χ4n) is 2.58. The van der Waals surface area contributed by atoms with Crippen molar-refractivity contribution >= 4 is 11.7 Å².